The standard InChI is InChI=1S/C13H22N2OS/c1-8-5-10(9(2)17-8)11(14)6-13(3,4)7-12(15)16/h5,11H,6-7,14H2,1-4H3,(H2,15,16). The molecule has 17 heavy (non-hydrogen) atoms. The van der Waals surface area contributed by atoms with Crippen LogP contribution in [-0.2, 0) is 4.79 Å². The highest BCUT2D eigenvalue weighted by Gasteiger charge is 2.25. The summed E-state index contributed by atoms with van der Waals surface area (Å²) in [6.07, 6.45) is 1.15. The van der Waals surface area contributed by atoms with Gasteiger partial charge in [0.15, 0.2) is 0 Å². The first-order chi connectivity index (χ1) is 7.71. The molecule has 3 nitrogen and oxygen atoms in total. The molecule has 1 heterocycles. The zero-order valence-corrected chi connectivity index (χ0v) is 11.9. The Morgan fingerprint density at radius 2 is 2.06 bits per heavy atom. The van der Waals surface area contributed by atoms with Crippen molar-refractivity contribution in [2.45, 2.75) is 46.6 Å². The topological polar surface area (TPSA) is 69.1 Å². The van der Waals surface area contributed by atoms with E-state index in [-0.39, 0.29) is 17.4 Å². The SMILES string of the molecule is Cc1cc(C(N)CC(C)(C)CC(N)=O)c(C)s1. The van der Waals surface area contributed by atoms with Crippen LogP contribution in [0.5, 0.6) is 0 Å². The number of thiophene rings is 1. The summed E-state index contributed by atoms with van der Waals surface area (Å²) in [5.74, 6) is -0.263. The second kappa shape index (κ2) is 5.19. The molecule has 1 rings (SSSR count). The number of carbonyl (C=O) groups is 1. The van der Waals surface area contributed by atoms with Crippen LogP contribution in [-0.4, -0.2) is 5.91 Å². The van der Waals surface area contributed by atoms with Crippen molar-refractivity contribution in [1.29, 1.82) is 0 Å². The lowest BCUT2D eigenvalue weighted by Gasteiger charge is -2.26. The molecule has 0 aliphatic rings. The third kappa shape index (κ3) is 4.13. The van der Waals surface area contributed by atoms with E-state index in [9.17, 15) is 4.79 Å². The maximum Gasteiger partial charge on any atom is 0.217 e. The van der Waals surface area contributed by atoms with E-state index in [1.165, 1.54) is 15.3 Å². The van der Waals surface area contributed by atoms with Gasteiger partial charge in [0.25, 0.3) is 0 Å². The molecular formula is C13H22N2OS. The van der Waals surface area contributed by atoms with Gasteiger partial charge in [0.1, 0.15) is 0 Å². The van der Waals surface area contributed by atoms with E-state index in [1.54, 1.807) is 11.3 Å². The summed E-state index contributed by atoms with van der Waals surface area (Å²) in [7, 11) is 0. The fraction of sp³-hybridized carbons (Fsp3) is 0.615. The second-order valence-corrected chi connectivity index (χ2v) is 6.95. The van der Waals surface area contributed by atoms with Crippen LogP contribution in [0, 0.1) is 19.3 Å². The van der Waals surface area contributed by atoms with E-state index in [0.29, 0.717) is 6.42 Å². The Kier molecular flexibility index (Phi) is 4.33. The number of hydrogen-bond acceptors (Lipinski definition) is 3. The number of nitrogens with two attached hydrogens (primary N) is 2. The van der Waals surface area contributed by atoms with Crippen LogP contribution in [0.15, 0.2) is 6.07 Å². The Balaban J connectivity index is 2.75. The summed E-state index contributed by atoms with van der Waals surface area (Å²) < 4.78 is 0. The number of carbonyl (C=O) groups excluding carboxylic acids is 1. The minimum absolute atomic E-state index is 0.0192. The smallest absolute Gasteiger partial charge is 0.217 e. The second-order valence-electron chi connectivity index (χ2n) is 5.49. The third-order valence-electron chi connectivity index (χ3n) is 2.90. The molecule has 0 aliphatic carbocycles. The fourth-order valence-corrected chi connectivity index (χ4v) is 3.26. The molecule has 1 unspecified atom stereocenters. The first-order valence-electron chi connectivity index (χ1n) is 5.82. The van der Waals surface area contributed by atoms with Gasteiger partial charge < -0.3 is 11.5 Å². The summed E-state index contributed by atoms with van der Waals surface area (Å²) in [5.41, 5.74) is 12.5. The summed E-state index contributed by atoms with van der Waals surface area (Å²) in [5, 5.41) is 0. The molecule has 0 fully saturated rings. The number of amides is 1. The van der Waals surface area contributed by atoms with E-state index in [0.717, 1.165) is 6.42 Å². The summed E-state index contributed by atoms with van der Waals surface area (Å²) in [6.45, 7) is 8.24. The molecule has 1 amide bonds. The van der Waals surface area contributed by atoms with Gasteiger partial charge in [-0.25, -0.2) is 0 Å². The van der Waals surface area contributed by atoms with Crippen LogP contribution < -0.4 is 11.5 Å². The van der Waals surface area contributed by atoms with Gasteiger partial charge in [-0.2, -0.15) is 0 Å². The maximum absolute atomic E-state index is 11.0. The van der Waals surface area contributed by atoms with Crippen LogP contribution in [0.1, 0.15) is 48.0 Å². The molecule has 0 spiro atoms. The number of hydrogen-bond donors (Lipinski definition) is 2. The Bertz CT molecular complexity index is 410. The van der Waals surface area contributed by atoms with Crippen molar-refractivity contribution >= 4 is 17.2 Å². The van der Waals surface area contributed by atoms with Crippen molar-refractivity contribution in [3.63, 3.8) is 0 Å². The molecular weight excluding hydrogens is 232 g/mol. The molecule has 1 atom stereocenters. The number of primary amides is 1. The van der Waals surface area contributed by atoms with Gasteiger partial charge >= 0.3 is 0 Å². The Morgan fingerprint density at radius 3 is 2.47 bits per heavy atom. The van der Waals surface area contributed by atoms with Gasteiger partial charge in [0.05, 0.1) is 0 Å². The maximum atomic E-state index is 11.0. The molecule has 0 aromatic carbocycles. The van der Waals surface area contributed by atoms with Crippen LogP contribution in [0.2, 0.25) is 0 Å². The summed E-state index contributed by atoms with van der Waals surface area (Å²) in [6, 6.07) is 2.12. The van der Waals surface area contributed by atoms with Crippen LogP contribution in [0.3, 0.4) is 0 Å². The average Bonchev–Trinajstić information content (AvgIpc) is 2.41. The molecule has 0 saturated carbocycles. The quantitative estimate of drug-likeness (QED) is 0.848. The Hall–Kier alpha value is -0.870. The monoisotopic (exact) mass is 254 g/mol. The van der Waals surface area contributed by atoms with Crippen molar-refractivity contribution in [2.75, 3.05) is 0 Å². The fourth-order valence-electron chi connectivity index (χ4n) is 2.27. The average molecular weight is 254 g/mol. The Labute approximate surface area is 107 Å². The predicted molar refractivity (Wildman–Crippen MR) is 72.9 cm³/mol. The zero-order valence-electron chi connectivity index (χ0n) is 11.0. The van der Waals surface area contributed by atoms with Crippen molar-refractivity contribution in [2.24, 2.45) is 16.9 Å². The minimum atomic E-state index is -0.263. The van der Waals surface area contributed by atoms with Gasteiger partial charge in [-0.05, 0) is 37.3 Å². The van der Waals surface area contributed by atoms with Crippen molar-refractivity contribution < 1.29 is 4.79 Å². The van der Waals surface area contributed by atoms with Crippen molar-refractivity contribution in [1.82, 2.24) is 0 Å². The van der Waals surface area contributed by atoms with Crippen LogP contribution in [0.25, 0.3) is 0 Å². The van der Waals surface area contributed by atoms with Crippen LogP contribution in [0.4, 0.5) is 0 Å². The van der Waals surface area contributed by atoms with Crippen molar-refractivity contribution in [3.8, 4) is 0 Å². The lowest BCUT2D eigenvalue weighted by Crippen LogP contribution is -2.27. The molecule has 96 valence electrons. The first kappa shape index (κ1) is 14.2. The predicted octanol–water partition coefficient (Wildman–Crippen LogP) is 2.66. The van der Waals surface area contributed by atoms with Crippen LogP contribution >= 0.6 is 11.3 Å². The largest absolute Gasteiger partial charge is 0.370 e. The van der Waals surface area contributed by atoms with E-state index in [4.69, 9.17) is 11.5 Å². The van der Waals surface area contributed by atoms with Gasteiger partial charge in [-0.1, -0.05) is 13.8 Å². The molecule has 0 aliphatic heterocycles. The molecule has 0 radical (unpaired) electrons. The zero-order chi connectivity index (χ0) is 13.2. The summed E-state index contributed by atoms with van der Waals surface area (Å²) in [4.78, 5) is 13.5. The Morgan fingerprint density at radius 1 is 1.47 bits per heavy atom. The molecule has 4 heteroatoms. The van der Waals surface area contributed by atoms with E-state index >= 15 is 0 Å². The van der Waals surface area contributed by atoms with Gasteiger partial charge in [-0.15, -0.1) is 11.3 Å². The molecule has 4 N–H and O–H groups in total. The number of rotatable bonds is 5. The third-order valence-corrected chi connectivity index (χ3v) is 3.89. The van der Waals surface area contributed by atoms with Gasteiger partial charge in [0.2, 0.25) is 5.91 Å². The van der Waals surface area contributed by atoms with Gasteiger partial charge in [0, 0.05) is 22.2 Å². The van der Waals surface area contributed by atoms with Crippen molar-refractivity contribution in [3.05, 3.63) is 21.4 Å². The lowest BCUT2D eigenvalue weighted by atomic mass is 9.81. The molecule has 1 aromatic heterocycles. The highest BCUT2D eigenvalue weighted by atomic mass is 32.1. The highest BCUT2D eigenvalue weighted by Crippen LogP contribution is 2.34. The first-order valence-corrected chi connectivity index (χ1v) is 6.64. The normalized spacial score (nSPS) is 13.7. The molecule has 1 aromatic rings. The summed E-state index contributed by atoms with van der Waals surface area (Å²) >= 11 is 1.77. The molecule has 0 bridgehead atoms. The van der Waals surface area contributed by atoms with Gasteiger partial charge in [-0.3, -0.25) is 4.79 Å². The van der Waals surface area contributed by atoms with E-state index in [2.05, 4.69) is 19.9 Å². The lowest BCUT2D eigenvalue weighted by molar-refractivity contribution is -0.120. The number of aryl methyl sites for hydroxylation is 2. The highest BCUT2D eigenvalue weighted by molar-refractivity contribution is 7.12. The van der Waals surface area contributed by atoms with E-state index in [1.807, 2.05) is 13.8 Å². The molecule has 0 saturated heterocycles. The minimum Gasteiger partial charge on any atom is -0.370 e. The van der Waals surface area contributed by atoms with E-state index < -0.39 is 0 Å².